The van der Waals surface area contributed by atoms with E-state index in [1.807, 2.05) is 0 Å². The Labute approximate surface area is 117 Å². The van der Waals surface area contributed by atoms with Gasteiger partial charge >= 0.3 is 0 Å². The second-order valence-corrected chi connectivity index (χ2v) is 6.20. The summed E-state index contributed by atoms with van der Waals surface area (Å²) in [4.78, 5) is 0. The highest BCUT2D eigenvalue weighted by molar-refractivity contribution is 9.10. The fourth-order valence-electron chi connectivity index (χ4n) is 1.61. The first-order valence-corrected chi connectivity index (χ1v) is 7.34. The molecule has 6 heteroatoms. The van der Waals surface area contributed by atoms with Crippen molar-refractivity contribution >= 4 is 27.3 Å². The summed E-state index contributed by atoms with van der Waals surface area (Å²) in [5.41, 5.74) is 0.755. The van der Waals surface area contributed by atoms with Crippen molar-refractivity contribution in [2.24, 2.45) is 0 Å². The van der Waals surface area contributed by atoms with Gasteiger partial charge in [-0.3, -0.25) is 0 Å². The number of nitrogens with one attached hydrogen (secondary N) is 1. The van der Waals surface area contributed by atoms with Crippen molar-refractivity contribution < 1.29 is 4.39 Å². The summed E-state index contributed by atoms with van der Waals surface area (Å²) in [6, 6.07) is 5.24. The maximum absolute atomic E-state index is 13.2. The average Bonchev–Trinajstić information content (AvgIpc) is 3.08. The minimum Gasteiger partial charge on any atom is -0.308 e. The molecule has 0 spiro atoms. The van der Waals surface area contributed by atoms with Crippen LogP contribution < -0.4 is 5.32 Å². The van der Waals surface area contributed by atoms with E-state index < -0.39 is 0 Å². The molecule has 0 unspecified atom stereocenters. The lowest BCUT2D eigenvalue weighted by Crippen LogP contribution is -2.14. The van der Waals surface area contributed by atoms with Gasteiger partial charge in [-0.25, -0.2) is 4.39 Å². The zero-order valence-corrected chi connectivity index (χ0v) is 11.9. The molecule has 1 aliphatic rings. The Bertz CT molecular complexity index is 568. The Morgan fingerprint density at radius 1 is 1.39 bits per heavy atom. The highest BCUT2D eigenvalue weighted by atomic mass is 79.9. The van der Waals surface area contributed by atoms with E-state index in [2.05, 4.69) is 31.4 Å². The molecule has 1 aliphatic carbocycles. The summed E-state index contributed by atoms with van der Waals surface area (Å²) in [6.07, 6.45) is 2.50. The van der Waals surface area contributed by atoms with Crippen LogP contribution in [0.1, 0.15) is 17.8 Å². The Morgan fingerprint density at radius 2 is 2.22 bits per heavy atom. The predicted molar refractivity (Wildman–Crippen MR) is 72.9 cm³/mol. The fraction of sp³-hybridized carbons (Fsp3) is 0.333. The van der Waals surface area contributed by atoms with Crippen LogP contribution in [0.15, 0.2) is 22.7 Å². The van der Waals surface area contributed by atoms with Crippen molar-refractivity contribution in [1.29, 1.82) is 0 Å². The fourth-order valence-corrected chi connectivity index (χ4v) is 3.00. The molecule has 3 nitrogen and oxygen atoms in total. The second kappa shape index (κ2) is 5.03. The molecule has 0 bridgehead atoms. The lowest BCUT2D eigenvalue weighted by atomic mass is 10.2. The molecule has 0 radical (unpaired) electrons. The molecule has 1 N–H and O–H groups in total. The molecule has 0 aliphatic heterocycles. The van der Waals surface area contributed by atoms with Crippen LogP contribution in [-0.4, -0.2) is 16.2 Å². The van der Waals surface area contributed by atoms with Gasteiger partial charge in [-0.15, -0.1) is 10.2 Å². The standard InChI is InChI=1S/C12H11BrFN3S/c13-10-4-1-7(14)5-9(10)12-17-16-11(18-12)6-15-8-2-3-8/h1,4-5,8,15H,2-3,6H2. The van der Waals surface area contributed by atoms with Crippen LogP contribution in [0.4, 0.5) is 4.39 Å². The van der Waals surface area contributed by atoms with E-state index >= 15 is 0 Å². The summed E-state index contributed by atoms with van der Waals surface area (Å²) in [6.45, 7) is 0.745. The Kier molecular flexibility index (Phi) is 3.41. The highest BCUT2D eigenvalue weighted by Crippen LogP contribution is 2.31. The molecule has 0 amide bonds. The summed E-state index contributed by atoms with van der Waals surface area (Å²) in [7, 11) is 0. The predicted octanol–water partition coefficient (Wildman–Crippen LogP) is 3.36. The Balaban J connectivity index is 1.80. The van der Waals surface area contributed by atoms with Crippen LogP contribution >= 0.6 is 27.3 Å². The first kappa shape index (κ1) is 12.2. The van der Waals surface area contributed by atoms with E-state index in [-0.39, 0.29) is 5.82 Å². The van der Waals surface area contributed by atoms with Crippen molar-refractivity contribution in [2.75, 3.05) is 0 Å². The maximum atomic E-state index is 13.2. The number of rotatable bonds is 4. The minimum absolute atomic E-state index is 0.263. The number of halogens is 2. The van der Waals surface area contributed by atoms with Gasteiger partial charge in [0.15, 0.2) is 0 Å². The van der Waals surface area contributed by atoms with Crippen molar-refractivity contribution in [3.63, 3.8) is 0 Å². The van der Waals surface area contributed by atoms with Crippen LogP contribution in [-0.2, 0) is 6.54 Å². The van der Waals surface area contributed by atoms with Crippen LogP contribution in [0.5, 0.6) is 0 Å². The minimum atomic E-state index is -0.263. The monoisotopic (exact) mass is 327 g/mol. The van der Waals surface area contributed by atoms with Crippen LogP contribution in [0, 0.1) is 5.82 Å². The molecule has 0 atom stereocenters. The van der Waals surface area contributed by atoms with Gasteiger partial charge in [0.2, 0.25) is 0 Å². The molecular formula is C12H11BrFN3S. The average molecular weight is 328 g/mol. The van der Waals surface area contributed by atoms with Crippen molar-refractivity contribution in [2.45, 2.75) is 25.4 Å². The summed E-state index contributed by atoms with van der Waals surface area (Å²) < 4.78 is 14.1. The van der Waals surface area contributed by atoms with Crippen molar-refractivity contribution in [3.8, 4) is 10.6 Å². The van der Waals surface area contributed by atoms with Crippen molar-refractivity contribution in [3.05, 3.63) is 33.5 Å². The third-order valence-electron chi connectivity index (χ3n) is 2.74. The molecule has 1 aromatic heterocycles. The van der Waals surface area contributed by atoms with E-state index in [1.54, 1.807) is 6.07 Å². The Hall–Kier alpha value is -0.850. The van der Waals surface area contributed by atoms with E-state index in [4.69, 9.17) is 0 Å². The molecule has 0 saturated heterocycles. The lowest BCUT2D eigenvalue weighted by molar-refractivity contribution is 0.628. The molecule has 1 saturated carbocycles. The van der Waals surface area contributed by atoms with Crippen LogP contribution in [0.25, 0.3) is 10.6 Å². The third kappa shape index (κ3) is 2.76. The number of hydrogen-bond donors (Lipinski definition) is 1. The molecule has 1 fully saturated rings. The quantitative estimate of drug-likeness (QED) is 0.935. The second-order valence-electron chi connectivity index (χ2n) is 4.28. The number of benzene rings is 1. The molecule has 1 aromatic carbocycles. The van der Waals surface area contributed by atoms with Gasteiger partial charge in [0.1, 0.15) is 15.8 Å². The van der Waals surface area contributed by atoms with E-state index in [9.17, 15) is 4.39 Å². The SMILES string of the molecule is Fc1ccc(Br)c(-c2nnc(CNC3CC3)s2)c1. The summed E-state index contributed by atoms with van der Waals surface area (Å²) >= 11 is 4.90. The first-order chi connectivity index (χ1) is 8.72. The summed E-state index contributed by atoms with van der Waals surface area (Å²) in [5.74, 6) is -0.263. The number of nitrogens with zero attached hydrogens (tertiary/aromatic N) is 2. The van der Waals surface area contributed by atoms with Gasteiger partial charge in [-0.05, 0) is 31.0 Å². The van der Waals surface area contributed by atoms with Gasteiger partial charge in [0, 0.05) is 22.6 Å². The van der Waals surface area contributed by atoms with Crippen LogP contribution in [0.3, 0.4) is 0 Å². The van der Waals surface area contributed by atoms with Gasteiger partial charge in [-0.2, -0.15) is 0 Å². The van der Waals surface area contributed by atoms with Gasteiger partial charge in [0.05, 0.1) is 0 Å². The van der Waals surface area contributed by atoms with Gasteiger partial charge in [-0.1, -0.05) is 27.3 Å². The molecular weight excluding hydrogens is 317 g/mol. The molecule has 94 valence electrons. The normalized spacial score (nSPS) is 15.0. The molecule has 18 heavy (non-hydrogen) atoms. The van der Waals surface area contributed by atoms with Crippen LogP contribution in [0.2, 0.25) is 0 Å². The summed E-state index contributed by atoms with van der Waals surface area (Å²) in [5, 5.41) is 13.3. The topological polar surface area (TPSA) is 37.8 Å². The largest absolute Gasteiger partial charge is 0.308 e. The molecule has 2 aromatic rings. The first-order valence-electron chi connectivity index (χ1n) is 5.73. The van der Waals surface area contributed by atoms with Crippen molar-refractivity contribution in [1.82, 2.24) is 15.5 Å². The smallest absolute Gasteiger partial charge is 0.149 e. The zero-order valence-electron chi connectivity index (χ0n) is 9.49. The number of hydrogen-bond acceptors (Lipinski definition) is 4. The zero-order chi connectivity index (χ0) is 12.5. The van der Waals surface area contributed by atoms with E-state index in [0.29, 0.717) is 6.04 Å². The van der Waals surface area contributed by atoms with Gasteiger partial charge < -0.3 is 5.32 Å². The maximum Gasteiger partial charge on any atom is 0.149 e. The van der Waals surface area contributed by atoms with E-state index in [0.717, 1.165) is 26.6 Å². The molecule has 1 heterocycles. The third-order valence-corrected chi connectivity index (χ3v) is 4.39. The lowest BCUT2D eigenvalue weighted by Gasteiger charge is -1.99. The van der Waals surface area contributed by atoms with E-state index in [1.165, 1.54) is 36.3 Å². The Morgan fingerprint density at radius 3 is 3.00 bits per heavy atom. The number of aromatic nitrogens is 2. The van der Waals surface area contributed by atoms with Gasteiger partial charge in [0.25, 0.3) is 0 Å². The molecule has 3 rings (SSSR count). The highest BCUT2D eigenvalue weighted by Gasteiger charge is 2.21.